The highest BCUT2D eigenvalue weighted by atomic mass is 16.5. The lowest BCUT2D eigenvalue weighted by molar-refractivity contribution is 0.0544. The van der Waals surface area contributed by atoms with Crippen molar-refractivity contribution < 1.29 is 4.74 Å². The molecule has 2 N–H and O–H groups in total. The fourth-order valence-electron chi connectivity index (χ4n) is 1.69. The largest absolute Gasteiger partial charge is 0.372 e. The molecule has 4 heteroatoms. The molecule has 0 bridgehead atoms. The van der Waals surface area contributed by atoms with Gasteiger partial charge in [0.2, 0.25) is 0 Å². The van der Waals surface area contributed by atoms with Crippen molar-refractivity contribution >= 4 is 0 Å². The Bertz CT molecular complexity index is 307. The first kappa shape index (κ1) is 10.6. The summed E-state index contributed by atoms with van der Waals surface area (Å²) in [6.07, 6.45) is 7.74. The van der Waals surface area contributed by atoms with Crippen LogP contribution < -0.4 is 5.73 Å². The number of hydrogen-bond donors (Lipinski definition) is 1. The predicted molar refractivity (Wildman–Crippen MR) is 58.3 cm³/mol. The van der Waals surface area contributed by atoms with Gasteiger partial charge in [0, 0.05) is 32.0 Å². The molecular weight excluding hydrogens is 190 g/mol. The maximum absolute atomic E-state index is 5.76. The van der Waals surface area contributed by atoms with Crippen molar-refractivity contribution in [3.8, 4) is 0 Å². The summed E-state index contributed by atoms with van der Waals surface area (Å²) in [5.74, 6) is 0.914. The van der Waals surface area contributed by atoms with Gasteiger partial charge in [-0.2, -0.15) is 5.10 Å². The monoisotopic (exact) mass is 209 g/mol. The first-order valence-electron chi connectivity index (χ1n) is 5.60. The van der Waals surface area contributed by atoms with Gasteiger partial charge in [-0.1, -0.05) is 12.8 Å². The number of aryl methyl sites for hydroxylation is 1. The second kappa shape index (κ2) is 4.77. The van der Waals surface area contributed by atoms with Crippen molar-refractivity contribution in [3.05, 3.63) is 18.0 Å². The Balaban J connectivity index is 1.80. The lowest BCUT2D eigenvalue weighted by atomic mass is 10.2. The molecule has 0 amide bonds. The van der Waals surface area contributed by atoms with Crippen molar-refractivity contribution in [2.75, 3.05) is 13.2 Å². The quantitative estimate of drug-likeness (QED) is 0.766. The maximum Gasteiger partial charge on any atom is 0.0977 e. The first-order valence-corrected chi connectivity index (χ1v) is 5.60. The second-order valence-electron chi connectivity index (χ2n) is 4.27. The van der Waals surface area contributed by atoms with Crippen LogP contribution in [0.2, 0.25) is 0 Å². The highest BCUT2D eigenvalue weighted by Crippen LogP contribution is 2.32. The molecule has 0 radical (unpaired) electrons. The Morgan fingerprint density at radius 2 is 2.47 bits per heavy atom. The van der Waals surface area contributed by atoms with E-state index in [1.165, 1.54) is 19.3 Å². The van der Waals surface area contributed by atoms with Gasteiger partial charge in [0.25, 0.3) is 0 Å². The van der Waals surface area contributed by atoms with Gasteiger partial charge in [-0.15, -0.1) is 0 Å². The zero-order valence-electron chi connectivity index (χ0n) is 9.22. The van der Waals surface area contributed by atoms with Crippen LogP contribution in [0.5, 0.6) is 0 Å². The fraction of sp³-hybridized carbons (Fsp3) is 0.727. The highest BCUT2D eigenvalue weighted by Gasteiger charge is 2.21. The molecule has 1 saturated carbocycles. The maximum atomic E-state index is 5.76. The summed E-state index contributed by atoms with van der Waals surface area (Å²) < 4.78 is 7.54. The molecule has 1 fully saturated rings. The third-order valence-electron chi connectivity index (χ3n) is 2.85. The van der Waals surface area contributed by atoms with Crippen LogP contribution in [0.15, 0.2) is 12.4 Å². The molecule has 1 atom stereocenters. The summed E-state index contributed by atoms with van der Waals surface area (Å²) in [5, 5.41) is 4.12. The van der Waals surface area contributed by atoms with Gasteiger partial charge in [0.1, 0.15) is 0 Å². The van der Waals surface area contributed by atoms with Crippen molar-refractivity contribution in [1.82, 2.24) is 9.78 Å². The summed E-state index contributed by atoms with van der Waals surface area (Å²) in [4.78, 5) is 0. The summed E-state index contributed by atoms with van der Waals surface area (Å²) in [7, 11) is 1.90. The van der Waals surface area contributed by atoms with E-state index in [4.69, 9.17) is 10.5 Å². The van der Waals surface area contributed by atoms with E-state index in [-0.39, 0.29) is 6.10 Å². The van der Waals surface area contributed by atoms with Gasteiger partial charge in [-0.25, -0.2) is 0 Å². The Labute approximate surface area is 90.4 Å². The summed E-state index contributed by atoms with van der Waals surface area (Å²) >= 11 is 0. The van der Waals surface area contributed by atoms with Gasteiger partial charge in [-0.3, -0.25) is 4.68 Å². The molecule has 0 spiro atoms. The average Bonchev–Trinajstić information content (AvgIpc) is 2.96. The highest BCUT2D eigenvalue weighted by molar-refractivity contribution is 5.08. The number of rotatable bonds is 6. The third kappa shape index (κ3) is 3.04. The van der Waals surface area contributed by atoms with Crippen molar-refractivity contribution in [3.63, 3.8) is 0 Å². The van der Waals surface area contributed by atoms with E-state index in [9.17, 15) is 0 Å². The number of nitrogens with two attached hydrogens (primary N) is 1. The topological polar surface area (TPSA) is 53.1 Å². The minimum atomic E-state index is 0.0115. The van der Waals surface area contributed by atoms with Crippen LogP contribution >= 0.6 is 0 Å². The first-order chi connectivity index (χ1) is 7.29. The van der Waals surface area contributed by atoms with Gasteiger partial charge in [0.15, 0.2) is 0 Å². The molecule has 1 aromatic heterocycles. The summed E-state index contributed by atoms with van der Waals surface area (Å²) in [5.41, 5.74) is 6.76. The number of nitrogens with zero attached hydrogens (tertiary/aromatic N) is 2. The van der Waals surface area contributed by atoms with E-state index in [0.717, 1.165) is 18.1 Å². The van der Waals surface area contributed by atoms with Crippen molar-refractivity contribution in [2.45, 2.75) is 25.4 Å². The Kier molecular flexibility index (Phi) is 3.38. The molecular formula is C11H19N3O. The zero-order valence-corrected chi connectivity index (χ0v) is 9.22. The smallest absolute Gasteiger partial charge is 0.0977 e. The molecule has 0 aromatic carbocycles. The molecule has 0 aliphatic heterocycles. The fourth-order valence-corrected chi connectivity index (χ4v) is 1.69. The zero-order chi connectivity index (χ0) is 10.7. The van der Waals surface area contributed by atoms with E-state index in [1.54, 1.807) is 4.68 Å². The number of ether oxygens (including phenoxy) is 1. The van der Waals surface area contributed by atoms with E-state index in [1.807, 2.05) is 19.4 Å². The normalized spacial score (nSPS) is 18.0. The lowest BCUT2D eigenvalue weighted by Gasteiger charge is -2.13. The van der Waals surface area contributed by atoms with E-state index < -0.39 is 0 Å². The Hall–Kier alpha value is -0.870. The predicted octanol–water partition coefficient (Wildman–Crippen LogP) is 1.24. The second-order valence-corrected chi connectivity index (χ2v) is 4.27. The molecule has 2 rings (SSSR count). The standard InChI is InChI=1S/C11H19N3O/c1-14-8-10(7-13-14)11(6-12)15-5-4-9-2-3-9/h7-9,11H,2-6,12H2,1H3. The number of hydrogen-bond acceptors (Lipinski definition) is 3. The molecule has 1 unspecified atom stereocenters. The average molecular weight is 209 g/mol. The molecule has 1 aliphatic carbocycles. The lowest BCUT2D eigenvalue weighted by Crippen LogP contribution is -2.16. The molecule has 1 heterocycles. The van der Waals surface area contributed by atoms with Crippen LogP contribution in [-0.2, 0) is 11.8 Å². The van der Waals surface area contributed by atoms with Gasteiger partial charge >= 0.3 is 0 Å². The van der Waals surface area contributed by atoms with Crippen LogP contribution in [0.1, 0.15) is 30.9 Å². The van der Waals surface area contributed by atoms with Gasteiger partial charge in [-0.05, 0) is 12.3 Å². The molecule has 0 saturated heterocycles. The Morgan fingerprint density at radius 1 is 1.67 bits per heavy atom. The van der Waals surface area contributed by atoms with Crippen molar-refractivity contribution in [1.29, 1.82) is 0 Å². The summed E-state index contributed by atoms with van der Waals surface area (Å²) in [6, 6.07) is 0. The van der Waals surface area contributed by atoms with Gasteiger partial charge in [0.05, 0.1) is 12.3 Å². The summed E-state index contributed by atoms with van der Waals surface area (Å²) in [6.45, 7) is 1.35. The molecule has 1 aromatic rings. The van der Waals surface area contributed by atoms with Crippen LogP contribution in [0.4, 0.5) is 0 Å². The van der Waals surface area contributed by atoms with Crippen molar-refractivity contribution in [2.24, 2.45) is 18.7 Å². The third-order valence-corrected chi connectivity index (χ3v) is 2.85. The SMILES string of the molecule is Cn1cc(C(CN)OCCC2CC2)cn1. The molecule has 84 valence electrons. The number of aromatic nitrogens is 2. The van der Waals surface area contributed by atoms with Crippen LogP contribution in [0, 0.1) is 5.92 Å². The molecule has 4 nitrogen and oxygen atoms in total. The van der Waals surface area contributed by atoms with Gasteiger partial charge < -0.3 is 10.5 Å². The Morgan fingerprint density at radius 3 is 3.00 bits per heavy atom. The van der Waals surface area contributed by atoms with E-state index in [0.29, 0.717) is 6.54 Å². The van der Waals surface area contributed by atoms with Crippen LogP contribution in [0.3, 0.4) is 0 Å². The van der Waals surface area contributed by atoms with E-state index >= 15 is 0 Å². The van der Waals surface area contributed by atoms with Crippen LogP contribution in [-0.4, -0.2) is 22.9 Å². The minimum Gasteiger partial charge on any atom is -0.372 e. The molecule has 15 heavy (non-hydrogen) atoms. The molecule has 1 aliphatic rings. The minimum absolute atomic E-state index is 0.0115. The van der Waals surface area contributed by atoms with E-state index in [2.05, 4.69) is 5.10 Å². The van der Waals surface area contributed by atoms with Crippen LogP contribution in [0.25, 0.3) is 0 Å².